The number of nitrogens with zero attached hydrogens (tertiary/aromatic N) is 1. The fourth-order valence-electron chi connectivity index (χ4n) is 5.87. The average Bonchev–Trinajstić information content (AvgIpc) is 2.61. The molecule has 4 rings (SSSR count). The van der Waals surface area contributed by atoms with Crippen LogP contribution in [0.1, 0.15) is 53.4 Å². The molecule has 146 valence electrons. The van der Waals surface area contributed by atoms with Crippen molar-refractivity contribution < 1.29 is 0 Å². The number of allylic oxidation sites excluding steroid dienone is 6. The highest BCUT2D eigenvalue weighted by molar-refractivity contribution is 5.34. The molecule has 0 heterocycles. The zero-order chi connectivity index (χ0) is 19.0. The summed E-state index contributed by atoms with van der Waals surface area (Å²) in [6, 6.07) is 0. The van der Waals surface area contributed by atoms with E-state index < -0.39 is 0 Å². The minimum absolute atomic E-state index is 0.698. The lowest BCUT2D eigenvalue weighted by atomic mass is 9.37. The Balaban J connectivity index is 1.43. The summed E-state index contributed by atoms with van der Waals surface area (Å²) in [5.41, 5.74) is 6.46. The maximum Gasteiger partial charge on any atom is 0.0237 e. The van der Waals surface area contributed by atoms with E-state index in [4.69, 9.17) is 0 Å². The normalized spacial score (nSPS) is 36.6. The fourth-order valence-corrected chi connectivity index (χ4v) is 5.87. The summed E-state index contributed by atoms with van der Waals surface area (Å²) in [5, 5.41) is 0. The molecule has 0 aliphatic heterocycles. The van der Waals surface area contributed by atoms with Crippen molar-refractivity contribution in [3.05, 3.63) is 58.7 Å². The maximum atomic E-state index is 2.66. The Morgan fingerprint density at radius 1 is 1.15 bits per heavy atom. The molecule has 1 heteroatoms. The summed E-state index contributed by atoms with van der Waals surface area (Å²) in [6.45, 7) is 12.4. The first-order valence-electron chi connectivity index (χ1n) is 11.1. The molecule has 0 bridgehead atoms. The van der Waals surface area contributed by atoms with Gasteiger partial charge in [0.05, 0.1) is 0 Å². The van der Waals surface area contributed by atoms with E-state index in [2.05, 4.69) is 69.1 Å². The molecule has 27 heavy (non-hydrogen) atoms. The molecule has 4 aliphatic rings. The number of hydrogen-bond donors (Lipinski definition) is 0. The SMILES string of the molecule is C/C=C\C=C(/C)CN(CC1=CCC(C)C=C1)C/C(C)=C1\CC2C3CCC3C12. The zero-order valence-electron chi connectivity index (χ0n) is 17.7. The summed E-state index contributed by atoms with van der Waals surface area (Å²) < 4.78 is 0. The molecule has 3 saturated carbocycles. The molecule has 0 saturated heterocycles. The Morgan fingerprint density at radius 3 is 2.59 bits per heavy atom. The molecule has 0 amide bonds. The van der Waals surface area contributed by atoms with Crippen LogP contribution in [0.5, 0.6) is 0 Å². The fraction of sp³-hybridized carbons (Fsp3) is 0.615. The van der Waals surface area contributed by atoms with Crippen LogP contribution >= 0.6 is 0 Å². The topological polar surface area (TPSA) is 3.24 Å². The molecule has 0 aromatic rings. The number of fused-ring (bicyclic) bond motifs is 4. The van der Waals surface area contributed by atoms with E-state index in [-0.39, 0.29) is 0 Å². The van der Waals surface area contributed by atoms with Crippen LogP contribution in [0.25, 0.3) is 0 Å². The van der Waals surface area contributed by atoms with Crippen molar-refractivity contribution in [1.82, 2.24) is 4.90 Å². The first kappa shape index (κ1) is 19.0. The van der Waals surface area contributed by atoms with Crippen molar-refractivity contribution in [2.75, 3.05) is 19.6 Å². The van der Waals surface area contributed by atoms with Gasteiger partial charge < -0.3 is 0 Å². The van der Waals surface area contributed by atoms with Crippen molar-refractivity contribution in [2.45, 2.75) is 53.4 Å². The van der Waals surface area contributed by atoms with Gasteiger partial charge in [-0.25, -0.2) is 0 Å². The molecule has 5 unspecified atom stereocenters. The Labute approximate surface area is 166 Å². The van der Waals surface area contributed by atoms with Crippen molar-refractivity contribution in [3.63, 3.8) is 0 Å². The summed E-state index contributed by atoms with van der Waals surface area (Å²) in [5.74, 6) is 4.95. The summed E-state index contributed by atoms with van der Waals surface area (Å²) in [7, 11) is 0. The molecule has 0 aromatic carbocycles. The third-order valence-electron chi connectivity index (χ3n) is 7.57. The van der Waals surface area contributed by atoms with Crippen molar-refractivity contribution >= 4 is 0 Å². The smallest absolute Gasteiger partial charge is 0.0237 e. The van der Waals surface area contributed by atoms with Gasteiger partial charge in [0, 0.05) is 19.6 Å². The Hall–Kier alpha value is -1.34. The standard InChI is InChI=1S/C26H37N/c1-5-6-7-19(3)15-27(17-21-10-8-18(2)9-11-21)16-20(4)24-14-25-22-12-13-23(22)26(24)25/h5-8,10-11,18,22-23,25-26H,9,12-17H2,1-4H3/b6-5-,19-7+,24-20+. The minimum Gasteiger partial charge on any atom is -0.291 e. The molecular formula is C26H37N. The molecule has 0 N–H and O–H groups in total. The average molecular weight is 364 g/mol. The highest BCUT2D eigenvalue weighted by Gasteiger charge is 2.61. The van der Waals surface area contributed by atoms with Crippen LogP contribution < -0.4 is 0 Å². The van der Waals surface area contributed by atoms with Crippen molar-refractivity contribution in [1.29, 1.82) is 0 Å². The predicted octanol–water partition coefficient (Wildman–Crippen LogP) is 6.33. The van der Waals surface area contributed by atoms with E-state index in [9.17, 15) is 0 Å². The van der Waals surface area contributed by atoms with Crippen LogP contribution in [0.3, 0.4) is 0 Å². The molecule has 4 aliphatic carbocycles. The number of rotatable bonds is 7. The van der Waals surface area contributed by atoms with Crippen LogP contribution in [0.15, 0.2) is 58.7 Å². The molecule has 3 fully saturated rings. The highest BCUT2D eigenvalue weighted by Crippen LogP contribution is 2.69. The summed E-state index contributed by atoms with van der Waals surface area (Å²) in [6.07, 6.45) is 19.4. The van der Waals surface area contributed by atoms with Gasteiger partial charge in [0.15, 0.2) is 0 Å². The Kier molecular flexibility index (Phi) is 5.60. The van der Waals surface area contributed by atoms with Gasteiger partial charge in [0.25, 0.3) is 0 Å². The van der Waals surface area contributed by atoms with Gasteiger partial charge >= 0.3 is 0 Å². The van der Waals surface area contributed by atoms with E-state index in [1.165, 1.54) is 36.8 Å². The van der Waals surface area contributed by atoms with E-state index in [0.29, 0.717) is 5.92 Å². The molecule has 0 radical (unpaired) electrons. The van der Waals surface area contributed by atoms with E-state index in [1.54, 1.807) is 5.57 Å². The van der Waals surface area contributed by atoms with E-state index in [0.717, 1.165) is 43.3 Å². The van der Waals surface area contributed by atoms with Crippen LogP contribution in [0.2, 0.25) is 0 Å². The van der Waals surface area contributed by atoms with E-state index in [1.807, 2.05) is 5.57 Å². The summed E-state index contributed by atoms with van der Waals surface area (Å²) >= 11 is 0. The predicted molar refractivity (Wildman–Crippen MR) is 117 cm³/mol. The second-order valence-corrected chi connectivity index (χ2v) is 9.64. The van der Waals surface area contributed by atoms with Gasteiger partial charge in [-0.05, 0) is 81.6 Å². The largest absolute Gasteiger partial charge is 0.291 e. The van der Waals surface area contributed by atoms with Crippen LogP contribution in [-0.2, 0) is 0 Å². The Morgan fingerprint density at radius 2 is 1.96 bits per heavy atom. The van der Waals surface area contributed by atoms with Gasteiger partial charge in [0.2, 0.25) is 0 Å². The molecule has 0 spiro atoms. The number of hydrogen-bond acceptors (Lipinski definition) is 1. The minimum atomic E-state index is 0.698. The van der Waals surface area contributed by atoms with Crippen LogP contribution in [0, 0.1) is 29.6 Å². The zero-order valence-corrected chi connectivity index (χ0v) is 17.7. The van der Waals surface area contributed by atoms with Crippen LogP contribution in [0.4, 0.5) is 0 Å². The monoisotopic (exact) mass is 363 g/mol. The third-order valence-corrected chi connectivity index (χ3v) is 7.57. The second kappa shape index (κ2) is 7.95. The third kappa shape index (κ3) is 3.81. The van der Waals surface area contributed by atoms with E-state index >= 15 is 0 Å². The Bertz CT molecular complexity index is 710. The van der Waals surface area contributed by atoms with Gasteiger partial charge in [-0.15, -0.1) is 0 Å². The lowest BCUT2D eigenvalue weighted by Crippen LogP contribution is -2.60. The van der Waals surface area contributed by atoms with Gasteiger partial charge in [-0.2, -0.15) is 0 Å². The summed E-state index contributed by atoms with van der Waals surface area (Å²) in [4.78, 5) is 2.66. The van der Waals surface area contributed by atoms with Crippen molar-refractivity contribution in [2.24, 2.45) is 29.6 Å². The van der Waals surface area contributed by atoms with Crippen LogP contribution in [-0.4, -0.2) is 24.5 Å². The van der Waals surface area contributed by atoms with Gasteiger partial charge in [-0.1, -0.05) is 60.1 Å². The molecule has 1 nitrogen and oxygen atoms in total. The second-order valence-electron chi connectivity index (χ2n) is 9.64. The quantitative estimate of drug-likeness (QED) is 0.377. The van der Waals surface area contributed by atoms with Gasteiger partial charge in [0.1, 0.15) is 0 Å². The lowest BCUT2D eigenvalue weighted by molar-refractivity contribution is -0.124. The molecular weight excluding hydrogens is 326 g/mol. The molecule has 5 atom stereocenters. The lowest BCUT2D eigenvalue weighted by Gasteiger charge is -2.67. The van der Waals surface area contributed by atoms with Gasteiger partial charge in [-0.3, -0.25) is 4.90 Å². The molecule has 0 aromatic heterocycles. The maximum absolute atomic E-state index is 2.66. The highest BCUT2D eigenvalue weighted by atomic mass is 15.1. The first-order valence-corrected chi connectivity index (χ1v) is 11.1. The van der Waals surface area contributed by atoms with Crippen molar-refractivity contribution in [3.8, 4) is 0 Å². The first-order chi connectivity index (χ1) is 13.1.